The number of carbonyl (C=O) groups excluding carboxylic acids is 1. The quantitative estimate of drug-likeness (QED) is 0.385. The molecule has 1 atom stereocenters. The van der Waals surface area contributed by atoms with E-state index in [0.717, 1.165) is 31.7 Å². The number of nitrogens with zero attached hydrogens (tertiary/aromatic N) is 1. The summed E-state index contributed by atoms with van der Waals surface area (Å²) >= 11 is 2.65. The maximum Gasteiger partial charge on any atom is 0.420 e. The normalized spacial score (nSPS) is 18.8. The number of thiazole rings is 1. The lowest BCUT2D eigenvalue weighted by Gasteiger charge is -2.23. The number of alkyl halides is 3. The molecule has 0 amide bonds. The van der Waals surface area contributed by atoms with Crippen molar-refractivity contribution in [2.45, 2.75) is 50.6 Å². The lowest BCUT2D eigenvalue weighted by Crippen LogP contribution is -2.21. The topological polar surface area (TPSA) is 72.5 Å². The smallest absolute Gasteiger partial charge is 0.420 e. The van der Waals surface area contributed by atoms with Crippen LogP contribution in [0.25, 0.3) is 0 Å². The Bertz CT molecular complexity index is 1040. The number of halogens is 3. The fourth-order valence-electron chi connectivity index (χ4n) is 3.91. The summed E-state index contributed by atoms with van der Waals surface area (Å²) in [6, 6.07) is 3.99. The Morgan fingerprint density at radius 3 is 2.79 bits per heavy atom. The summed E-state index contributed by atoms with van der Waals surface area (Å²) in [6.45, 7) is 2.32. The van der Waals surface area contributed by atoms with E-state index in [4.69, 9.17) is 9.47 Å². The number of rotatable bonds is 8. The van der Waals surface area contributed by atoms with Gasteiger partial charge in [-0.3, -0.25) is 0 Å². The summed E-state index contributed by atoms with van der Waals surface area (Å²) in [5.41, 5.74) is 0.492. The van der Waals surface area contributed by atoms with Crippen molar-refractivity contribution in [3.05, 3.63) is 45.9 Å². The fourth-order valence-corrected chi connectivity index (χ4v) is 5.64. The Kier molecular flexibility index (Phi) is 7.92. The Morgan fingerprint density at radius 1 is 1.26 bits per heavy atom. The molecule has 1 aliphatic heterocycles. The summed E-state index contributed by atoms with van der Waals surface area (Å²) in [6.07, 6.45) is 0.854. The summed E-state index contributed by atoms with van der Waals surface area (Å²) in [4.78, 5) is 16.3. The number of thioether (sulfide) groups is 1. The summed E-state index contributed by atoms with van der Waals surface area (Å²) in [7, 11) is 0. The Hall–Kier alpha value is -2.40. The highest BCUT2D eigenvalue weighted by atomic mass is 32.2. The molecule has 1 unspecified atom stereocenters. The van der Waals surface area contributed by atoms with Gasteiger partial charge in [0, 0.05) is 16.5 Å². The van der Waals surface area contributed by atoms with Crippen LogP contribution in [-0.4, -0.2) is 24.2 Å². The second-order valence-corrected chi connectivity index (χ2v) is 9.98. The molecule has 184 valence electrons. The van der Waals surface area contributed by atoms with Crippen molar-refractivity contribution in [1.82, 2.24) is 10.3 Å². The van der Waals surface area contributed by atoms with E-state index in [9.17, 15) is 18.0 Å². The van der Waals surface area contributed by atoms with E-state index < -0.39 is 17.7 Å². The standard InChI is InChI=1S/C23H26F3N3O3S2/c1-2-31-21(30)18-13-33-20(28-18)17-12-34-22(29-17)27-15-8-9-19(16(10-15)23(24,25)26)32-11-14-6-4-3-5-7-14/h8-10,12-14,20,28H,2-7,11H2,1H3,(H,27,29). The van der Waals surface area contributed by atoms with Crippen LogP contribution in [0.2, 0.25) is 0 Å². The molecule has 2 aromatic rings. The maximum atomic E-state index is 13.7. The third kappa shape index (κ3) is 6.18. The number of carbonyl (C=O) groups is 1. The van der Waals surface area contributed by atoms with Gasteiger partial charge in [0.2, 0.25) is 0 Å². The van der Waals surface area contributed by atoms with Crippen molar-refractivity contribution < 1.29 is 27.4 Å². The molecule has 1 saturated carbocycles. The minimum Gasteiger partial charge on any atom is -0.493 e. The SMILES string of the molecule is CCOC(=O)C1=CSC(c2csc(Nc3ccc(OCC4CCCCC4)c(C(F)(F)F)c3)n2)N1. The van der Waals surface area contributed by atoms with Gasteiger partial charge in [-0.05, 0) is 43.9 Å². The molecule has 2 N–H and O–H groups in total. The number of benzene rings is 1. The average Bonchev–Trinajstić information content (AvgIpc) is 3.48. The Labute approximate surface area is 204 Å². The van der Waals surface area contributed by atoms with Crippen LogP contribution in [0.3, 0.4) is 0 Å². The van der Waals surface area contributed by atoms with E-state index in [1.54, 1.807) is 23.8 Å². The molecule has 1 aromatic carbocycles. The first kappa shape index (κ1) is 24.7. The van der Waals surface area contributed by atoms with Gasteiger partial charge in [-0.2, -0.15) is 13.2 Å². The Morgan fingerprint density at radius 2 is 2.06 bits per heavy atom. The summed E-state index contributed by atoms with van der Waals surface area (Å²) < 4.78 is 51.8. The summed E-state index contributed by atoms with van der Waals surface area (Å²) in [5, 5.41) is 9.65. The van der Waals surface area contributed by atoms with Crippen molar-refractivity contribution in [1.29, 1.82) is 0 Å². The van der Waals surface area contributed by atoms with Crippen LogP contribution in [0.5, 0.6) is 5.75 Å². The van der Waals surface area contributed by atoms with Gasteiger partial charge in [-0.15, -0.1) is 23.1 Å². The third-order valence-corrected chi connectivity index (χ3v) is 7.41. The molecule has 4 rings (SSSR count). The van der Waals surface area contributed by atoms with Crippen molar-refractivity contribution >= 4 is 39.9 Å². The number of hydrogen-bond donors (Lipinski definition) is 2. The van der Waals surface area contributed by atoms with Gasteiger partial charge < -0.3 is 20.1 Å². The molecule has 1 aliphatic carbocycles. The molecule has 0 spiro atoms. The average molecular weight is 514 g/mol. The summed E-state index contributed by atoms with van der Waals surface area (Å²) in [5.74, 6) is -0.272. The van der Waals surface area contributed by atoms with E-state index >= 15 is 0 Å². The first-order chi connectivity index (χ1) is 16.3. The number of ether oxygens (including phenoxy) is 2. The van der Waals surface area contributed by atoms with Gasteiger partial charge in [-0.1, -0.05) is 19.3 Å². The highest BCUT2D eigenvalue weighted by Gasteiger charge is 2.35. The third-order valence-electron chi connectivity index (χ3n) is 5.63. The number of hydrogen-bond acceptors (Lipinski definition) is 8. The molecule has 2 heterocycles. The lowest BCUT2D eigenvalue weighted by molar-refractivity contribution is -0.139. The van der Waals surface area contributed by atoms with Crippen molar-refractivity contribution in [2.24, 2.45) is 5.92 Å². The minimum atomic E-state index is -4.53. The zero-order valence-corrected chi connectivity index (χ0v) is 20.2. The second-order valence-electron chi connectivity index (χ2n) is 8.14. The second kappa shape index (κ2) is 10.9. The predicted octanol–water partition coefficient (Wildman–Crippen LogP) is 6.60. The first-order valence-electron chi connectivity index (χ1n) is 11.2. The van der Waals surface area contributed by atoms with Crippen LogP contribution in [-0.2, 0) is 15.7 Å². The molecule has 0 radical (unpaired) electrons. The van der Waals surface area contributed by atoms with Crippen molar-refractivity contribution in [2.75, 3.05) is 18.5 Å². The fraction of sp³-hybridized carbons (Fsp3) is 0.478. The zero-order valence-electron chi connectivity index (χ0n) is 18.6. The largest absolute Gasteiger partial charge is 0.493 e. The van der Waals surface area contributed by atoms with Gasteiger partial charge in [-0.25, -0.2) is 9.78 Å². The van der Waals surface area contributed by atoms with Crippen LogP contribution in [0.15, 0.2) is 34.7 Å². The molecule has 34 heavy (non-hydrogen) atoms. The molecule has 1 aromatic heterocycles. The molecule has 6 nitrogen and oxygen atoms in total. The van der Waals surface area contributed by atoms with Crippen LogP contribution in [0.1, 0.15) is 55.7 Å². The van der Waals surface area contributed by atoms with E-state index in [0.29, 0.717) is 29.0 Å². The molecular formula is C23H26F3N3O3S2. The van der Waals surface area contributed by atoms with Crippen LogP contribution >= 0.6 is 23.1 Å². The first-order valence-corrected chi connectivity index (χ1v) is 13.0. The number of aromatic nitrogens is 1. The molecule has 0 saturated heterocycles. The number of nitrogens with one attached hydrogen (secondary N) is 2. The highest BCUT2D eigenvalue weighted by Crippen LogP contribution is 2.40. The van der Waals surface area contributed by atoms with Gasteiger partial charge >= 0.3 is 12.1 Å². The molecule has 0 bridgehead atoms. The van der Waals surface area contributed by atoms with E-state index in [-0.39, 0.29) is 23.4 Å². The van der Waals surface area contributed by atoms with E-state index in [1.165, 1.54) is 35.6 Å². The van der Waals surface area contributed by atoms with Gasteiger partial charge in [0.15, 0.2) is 5.13 Å². The van der Waals surface area contributed by atoms with Crippen molar-refractivity contribution in [3.8, 4) is 5.75 Å². The molecule has 11 heteroatoms. The van der Waals surface area contributed by atoms with Crippen LogP contribution in [0, 0.1) is 5.92 Å². The Balaban J connectivity index is 1.41. The van der Waals surface area contributed by atoms with Crippen LogP contribution in [0.4, 0.5) is 24.0 Å². The van der Waals surface area contributed by atoms with Gasteiger partial charge in [0.25, 0.3) is 0 Å². The molecular weight excluding hydrogens is 487 g/mol. The maximum absolute atomic E-state index is 13.7. The van der Waals surface area contributed by atoms with Gasteiger partial charge in [0.1, 0.15) is 16.8 Å². The molecule has 1 fully saturated rings. The number of esters is 1. The monoisotopic (exact) mass is 513 g/mol. The van der Waals surface area contributed by atoms with E-state index in [2.05, 4.69) is 15.6 Å². The van der Waals surface area contributed by atoms with Crippen LogP contribution < -0.4 is 15.4 Å². The minimum absolute atomic E-state index is 0.146. The number of anilines is 2. The predicted molar refractivity (Wildman–Crippen MR) is 127 cm³/mol. The van der Waals surface area contributed by atoms with Crippen molar-refractivity contribution in [3.63, 3.8) is 0 Å². The zero-order chi connectivity index (χ0) is 24.1. The van der Waals surface area contributed by atoms with Gasteiger partial charge in [0.05, 0.1) is 24.5 Å². The highest BCUT2D eigenvalue weighted by molar-refractivity contribution is 8.02. The lowest BCUT2D eigenvalue weighted by atomic mass is 9.90. The molecule has 2 aliphatic rings. The van der Waals surface area contributed by atoms with E-state index in [1.807, 2.05) is 0 Å².